The lowest BCUT2D eigenvalue weighted by Gasteiger charge is -2.17. The van der Waals surface area contributed by atoms with Crippen LogP contribution in [-0.2, 0) is 9.47 Å². The first-order valence-electron chi connectivity index (χ1n) is 5.15. The van der Waals surface area contributed by atoms with E-state index in [9.17, 15) is 4.39 Å². The molecule has 1 aliphatic heterocycles. The zero-order valence-electron chi connectivity index (χ0n) is 8.49. The fourth-order valence-corrected chi connectivity index (χ4v) is 1.45. The molecule has 1 aliphatic rings. The van der Waals surface area contributed by atoms with Gasteiger partial charge in [0, 0.05) is 6.61 Å². The summed E-state index contributed by atoms with van der Waals surface area (Å²) in [4.78, 5) is 0. The molecule has 0 aromatic heterocycles. The summed E-state index contributed by atoms with van der Waals surface area (Å²) in [7, 11) is 0. The number of rotatable bonds is 6. The zero-order chi connectivity index (χ0) is 10.4. The first-order valence-corrected chi connectivity index (χ1v) is 5.15. The zero-order valence-corrected chi connectivity index (χ0v) is 8.49. The van der Waals surface area contributed by atoms with E-state index in [0.717, 1.165) is 25.9 Å². The molecule has 1 N–H and O–H groups in total. The first kappa shape index (κ1) is 11.9. The number of halogens is 1. The minimum Gasteiger partial charge on any atom is -0.394 e. The maximum absolute atomic E-state index is 13.1. The Labute approximate surface area is 84.2 Å². The molecule has 4 heteroatoms. The quantitative estimate of drug-likeness (QED) is 0.667. The lowest BCUT2D eigenvalue weighted by molar-refractivity contribution is -0.0411. The summed E-state index contributed by atoms with van der Waals surface area (Å²) < 4.78 is 23.4. The van der Waals surface area contributed by atoms with Crippen molar-refractivity contribution >= 4 is 0 Å². The van der Waals surface area contributed by atoms with Gasteiger partial charge in [0.15, 0.2) is 6.17 Å². The average molecular weight is 205 g/mol. The third-order valence-corrected chi connectivity index (χ3v) is 2.30. The third-order valence-electron chi connectivity index (χ3n) is 2.30. The summed E-state index contributed by atoms with van der Waals surface area (Å²) in [6.07, 6.45) is 0.743. The van der Waals surface area contributed by atoms with E-state index in [1.807, 2.05) is 0 Å². The van der Waals surface area contributed by atoms with Crippen LogP contribution in [0.15, 0.2) is 0 Å². The molecule has 83 valence electrons. The van der Waals surface area contributed by atoms with Crippen LogP contribution in [0.25, 0.3) is 0 Å². The van der Waals surface area contributed by atoms with E-state index in [-0.39, 0.29) is 6.61 Å². The van der Waals surface area contributed by atoms with Crippen LogP contribution in [0.3, 0.4) is 0 Å². The number of hydrogen-bond acceptors (Lipinski definition) is 3. The number of aliphatic hydroxyl groups is 1. The summed E-state index contributed by atoms with van der Waals surface area (Å²) >= 11 is 0. The highest BCUT2D eigenvalue weighted by Crippen LogP contribution is 2.23. The third kappa shape index (κ3) is 3.19. The molecular formula is C10H18FO3. The summed E-state index contributed by atoms with van der Waals surface area (Å²) in [5, 5.41) is 8.87. The number of unbranched alkanes of at least 4 members (excludes halogenated alkanes) is 2. The lowest BCUT2D eigenvalue weighted by Crippen LogP contribution is -2.33. The second kappa shape index (κ2) is 6.32. The van der Waals surface area contributed by atoms with Crippen molar-refractivity contribution in [1.29, 1.82) is 0 Å². The Morgan fingerprint density at radius 1 is 1.50 bits per heavy atom. The van der Waals surface area contributed by atoms with Gasteiger partial charge in [-0.25, -0.2) is 4.39 Å². The maximum Gasteiger partial charge on any atom is 0.157 e. The molecule has 0 aliphatic carbocycles. The second-order valence-electron chi connectivity index (χ2n) is 3.48. The molecule has 0 unspecified atom stereocenters. The second-order valence-corrected chi connectivity index (χ2v) is 3.48. The fraction of sp³-hybridized carbons (Fsp3) is 0.900. The molecule has 14 heavy (non-hydrogen) atoms. The lowest BCUT2D eigenvalue weighted by atomic mass is 10.2. The van der Waals surface area contributed by atoms with Gasteiger partial charge in [0.05, 0.1) is 6.61 Å². The van der Waals surface area contributed by atoms with Gasteiger partial charge in [0.2, 0.25) is 0 Å². The molecule has 0 saturated carbocycles. The van der Waals surface area contributed by atoms with Crippen LogP contribution in [0, 0.1) is 6.61 Å². The van der Waals surface area contributed by atoms with Crippen LogP contribution < -0.4 is 0 Å². The van der Waals surface area contributed by atoms with E-state index in [0.29, 0.717) is 6.61 Å². The molecule has 1 fully saturated rings. The van der Waals surface area contributed by atoms with Crippen molar-refractivity contribution in [3.63, 3.8) is 0 Å². The van der Waals surface area contributed by atoms with Gasteiger partial charge in [0.25, 0.3) is 0 Å². The van der Waals surface area contributed by atoms with E-state index in [2.05, 4.69) is 6.92 Å². The molecule has 0 aromatic rings. The number of alkyl halides is 1. The first-order chi connectivity index (χ1) is 6.79. The van der Waals surface area contributed by atoms with Gasteiger partial charge >= 0.3 is 0 Å². The Kier molecular flexibility index (Phi) is 5.37. The van der Waals surface area contributed by atoms with Crippen molar-refractivity contribution in [3.8, 4) is 0 Å². The monoisotopic (exact) mass is 205 g/mol. The Morgan fingerprint density at radius 3 is 2.93 bits per heavy atom. The van der Waals surface area contributed by atoms with Crippen LogP contribution >= 0.6 is 0 Å². The van der Waals surface area contributed by atoms with Gasteiger partial charge in [-0.2, -0.15) is 0 Å². The highest BCUT2D eigenvalue weighted by molar-refractivity contribution is 4.91. The van der Waals surface area contributed by atoms with Crippen LogP contribution in [0.5, 0.6) is 0 Å². The highest BCUT2D eigenvalue weighted by atomic mass is 19.1. The Morgan fingerprint density at radius 2 is 2.29 bits per heavy atom. The number of aliphatic hydroxyl groups excluding tert-OH is 1. The van der Waals surface area contributed by atoms with Gasteiger partial charge < -0.3 is 14.6 Å². The molecular weight excluding hydrogens is 187 g/mol. The molecule has 0 bridgehead atoms. The predicted octanol–water partition coefficient (Wildman–Crippen LogP) is 1.45. The van der Waals surface area contributed by atoms with Crippen molar-refractivity contribution < 1.29 is 19.0 Å². The molecule has 1 heterocycles. The van der Waals surface area contributed by atoms with Crippen LogP contribution in [0.1, 0.15) is 26.2 Å². The minimum absolute atomic E-state index is 0.199. The molecule has 1 saturated heterocycles. The summed E-state index contributed by atoms with van der Waals surface area (Å²) in [5.41, 5.74) is 0. The van der Waals surface area contributed by atoms with Gasteiger partial charge in [-0.1, -0.05) is 19.8 Å². The van der Waals surface area contributed by atoms with Crippen molar-refractivity contribution in [2.75, 3.05) is 13.2 Å². The van der Waals surface area contributed by atoms with Gasteiger partial charge in [-0.05, 0) is 6.42 Å². The van der Waals surface area contributed by atoms with Crippen LogP contribution in [-0.4, -0.2) is 36.7 Å². The molecule has 0 spiro atoms. The van der Waals surface area contributed by atoms with E-state index in [1.54, 1.807) is 0 Å². The smallest absolute Gasteiger partial charge is 0.157 e. The Bertz CT molecular complexity index is 154. The van der Waals surface area contributed by atoms with E-state index in [4.69, 9.17) is 14.6 Å². The highest BCUT2D eigenvalue weighted by Gasteiger charge is 2.38. The molecule has 1 rings (SSSR count). The Balaban J connectivity index is 2.19. The summed E-state index contributed by atoms with van der Waals surface area (Å²) in [6.45, 7) is 3.54. The molecule has 0 aromatic carbocycles. The normalized spacial score (nSPS) is 32.4. The maximum atomic E-state index is 13.1. The van der Waals surface area contributed by atoms with Gasteiger partial charge in [-0.15, -0.1) is 0 Å². The van der Waals surface area contributed by atoms with Crippen LogP contribution in [0.2, 0.25) is 0 Å². The minimum atomic E-state index is -1.21. The largest absolute Gasteiger partial charge is 0.394 e. The predicted molar refractivity (Wildman–Crippen MR) is 50.4 cm³/mol. The van der Waals surface area contributed by atoms with Crippen LogP contribution in [0.4, 0.5) is 4.39 Å². The van der Waals surface area contributed by atoms with E-state index >= 15 is 0 Å². The summed E-state index contributed by atoms with van der Waals surface area (Å²) in [6, 6.07) is 0. The molecule has 1 radical (unpaired) electrons. The summed E-state index contributed by atoms with van der Waals surface area (Å²) in [5.74, 6) is 0. The van der Waals surface area contributed by atoms with Crippen molar-refractivity contribution in [2.45, 2.75) is 44.6 Å². The van der Waals surface area contributed by atoms with Gasteiger partial charge in [-0.3, -0.25) is 0 Å². The van der Waals surface area contributed by atoms with Crippen molar-refractivity contribution in [2.24, 2.45) is 0 Å². The molecule has 0 amide bonds. The Hall–Kier alpha value is -0.190. The van der Waals surface area contributed by atoms with Gasteiger partial charge in [0.1, 0.15) is 18.8 Å². The fourth-order valence-electron chi connectivity index (χ4n) is 1.45. The van der Waals surface area contributed by atoms with Crippen molar-refractivity contribution in [3.05, 3.63) is 6.61 Å². The van der Waals surface area contributed by atoms with E-state index < -0.39 is 18.4 Å². The average Bonchev–Trinajstić information content (AvgIpc) is 2.55. The SMILES string of the molecule is CCCCCO[C@H]1[C@@H](F)[CH]O[C@@H]1CO. The molecule has 3 nitrogen and oxygen atoms in total. The molecule has 3 atom stereocenters. The van der Waals surface area contributed by atoms with Crippen molar-refractivity contribution in [1.82, 2.24) is 0 Å². The van der Waals surface area contributed by atoms with E-state index in [1.165, 1.54) is 0 Å². The standard InChI is InChI=1S/C10H18FO3/c1-2-3-4-5-13-10-8(11)7-14-9(10)6-12/h7-10,12H,2-6H2,1H3/t8-,9+,10-/m0/s1. The number of hydrogen-bond donors (Lipinski definition) is 1. The number of ether oxygens (including phenoxy) is 2. The topological polar surface area (TPSA) is 38.7 Å².